The van der Waals surface area contributed by atoms with Gasteiger partial charge in [-0.15, -0.1) is 0 Å². The standard InChI is InChI=1S/C11H13BrO.7Y/c1-8-6-10(12)4-5-11(8)13-7-9-2-3-9;;;;;;;/h4-6,9H,2-3,7H2,1H3;;;;;;;. The van der Waals surface area contributed by atoms with Gasteiger partial charge in [0.25, 0.3) is 0 Å². The van der Waals surface area contributed by atoms with Crippen LogP contribution in [0.15, 0.2) is 22.7 Å². The quantitative estimate of drug-likeness (QED) is 0.453. The maximum absolute atomic E-state index is 5.69. The van der Waals surface area contributed by atoms with E-state index in [4.69, 9.17) is 4.74 Å². The van der Waals surface area contributed by atoms with Crippen LogP contribution < -0.4 is 4.74 Å². The summed E-state index contributed by atoms with van der Waals surface area (Å²) in [5, 5.41) is 0. The molecule has 0 bridgehead atoms. The van der Waals surface area contributed by atoms with Crippen LogP contribution in [0.3, 0.4) is 0 Å². The molecule has 1 aromatic rings. The summed E-state index contributed by atoms with van der Waals surface area (Å²) in [7, 11) is 0. The van der Waals surface area contributed by atoms with Gasteiger partial charge >= 0.3 is 0 Å². The van der Waals surface area contributed by atoms with Gasteiger partial charge in [-0.3, -0.25) is 0 Å². The Morgan fingerprint density at radius 2 is 1.50 bits per heavy atom. The van der Waals surface area contributed by atoms with Crippen molar-refractivity contribution in [3.05, 3.63) is 28.2 Å². The molecule has 1 fully saturated rings. The van der Waals surface area contributed by atoms with Crippen molar-refractivity contribution < 1.29 is 234 Å². The van der Waals surface area contributed by atoms with E-state index in [9.17, 15) is 0 Å². The monoisotopic (exact) mass is 862 g/mol. The Kier molecular flexibility index (Phi) is 50.4. The molecule has 0 spiro atoms. The molecular formula is C11H13BrOY7. The Bertz CT molecular complexity index is 324. The number of ether oxygens (including phenoxy) is 1. The average Bonchev–Trinajstić information content (AvgIpc) is 2.86. The van der Waals surface area contributed by atoms with E-state index in [1.54, 1.807) is 0 Å². The molecular weight excluding hydrogens is 850 g/mol. The predicted octanol–water partition coefficient (Wildman–Crippen LogP) is 3.53. The molecule has 91 valence electrons. The first-order chi connectivity index (χ1) is 6.25. The molecule has 1 nitrogen and oxygen atoms in total. The number of hydrogen-bond donors (Lipinski definition) is 0. The number of rotatable bonds is 3. The van der Waals surface area contributed by atoms with Crippen molar-refractivity contribution in [3.63, 3.8) is 0 Å². The summed E-state index contributed by atoms with van der Waals surface area (Å²) in [5.74, 6) is 1.85. The first kappa shape index (κ1) is 41.6. The van der Waals surface area contributed by atoms with Crippen molar-refractivity contribution in [2.45, 2.75) is 19.8 Å². The van der Waals surface area contributed by atoms with Gasteiger partial charge in [0.1, 0.15) is 5.75 Å². The summed E-state index contributed by atoms with van der Waals surface area (Å²) in [6.07, 6.45) is 2.69. The molecule has 0 N–H and O–H groups in total. The van der Waals surface area contributed by atoms with E-state index in [0.29, 0.717) is 0 Å². The third kappa shape index (κ3) is 18.6. The van der Waals surface area contributed by atoms with Crippen LogP contribution in [0.25, 0.3) is 0 Å². The molecule has 0 heterocycles. The third-order valence-corrected chi connectivity index (χ3v) is 2.80. The second-order valence-electron chi connectivity index (χ2n) is 3.66. The molecule has 0 saturated heterocycles. The number of benzene rings is 1. The number of halogens is 1. The molecule has 1 aromatic carbocycles. The van der Waals surface area contributed by atoms with Crippen molar-refractivity contribution in [1.29, 1.82) is 0 Å². The fraction of sp³-hybridized carbons (Fsp3) is 0.455. The molecule has 1 aliphatic rings. The summed E-state index contributed by atoms with van der Waals surface area (Å²) in [4.78, 5) is 0. The van der Waals surface area contributed by atoms with Gasteiger partial charge in [-0.25, -0.2) is 0 Å². The minimum Gasteiger partial charge on any atom is -0.493 e. The smallest absolute Gasteiger partial charge is 0.122 e. The zero-order valence-electron chi connectivity index (χ0n) is 11.8. The van der Waals surface area contributed by atoms with Gasteiger partial charge in [-0.05, 0) is 49.4 Å². The van der Waals surface area contributed by atoms with Crippen LogP contribution in [0.5, 0.6) is 5.75 Å². The molecule has 0 unspecified atom stereocenters. The first-order valence-electron chi connectivity index (χ1n) is 4.64. The molecule has 9 heteroatoms. The predicted molar refractivity (Wildman–Crippen MR) is 57.1 cm³/mol. The summed E-state index contributed by atoms with van der Waals surface area (Å²) in [6.45, 7) is 2.97. The fourth-order valence-corrected chi connectivity index (χ4v) is 1.74. The van der Waals surface area contributed by atoms with Gasteiger partial charge < -0.3 is 4.74 Å². The van der Waals surface area contributed by atoms with Crippen LogP contribution >= 0.6 is 15.9 Å². The molecule has 2 rings (SSSR count). The van der Waals surface area contributed by atoms with Crippen LogP contribution in [-0.2, 0) is 229 Å². The molecule has 20 heavy (non-hydrogen) atoms. The van der Waals surface area contributed by atoms with Crippen LogP contribution in [0.2, 0.25) is 0 Å². The minimum atomic E-state index is 0. The zero-order valence-corrected chi connectivity index (χ0v) is 33.2. The van der Waals surface area contributed by atoms with Crippen LogP contribution in [0, 0.1) is 12.8 Å². The van der Waals surface area contributed by atoms with Crippen molar-refractivity contribution in [3.8, 4) is 5.75 Å². The van der Waals surface area contributed by atoms with E-state index >= 15 is 0 Å². The number of aryl methyl sites for hydroxylation is 1. The van der Waals surface area contributed by atoms with E-state index in [2.05, 4.69) is 28.9 Å². The first-order valence-corrected chi connectivity index (χ1v) is 5.44. The fourth-order valence-electron chi connectivity index (χ4n) is 1.27. The van der Waals surface area contributed by atoms with Gasteiger partial charge in [0.2, 0.25) is 0 Å². The van der Waals surface area contributed by atoms with Crippen LogP contribution in [0.1, 0.15) is 18.4 Å². The molecule has 7 radical (unpaired) electrons. The van der Waals surface area contributed by atoms with Gasteiger partial charge in [0.05, 0.1) is 6.61 Å². The van der Waals surface area contributed by atoms with Crippen molar-refractivity contribution >= 4 is 15.9 Å². The molecule has 0 atom stereocenters. The summed E-state index contributed by atoms with van der Waals surface area (Å²) in [6, 6.07) is 6.14. The minimum absolute atomic E-state index is 0. The van der Waals surface area contributed by atoms with Gasteiger partial charge in [0.15, 0.2) is 0 Å². The van der Waals surface area contributed by atoms with E-state index in [-0.39, 0.29) is 229 Å². The summed E-state index contributed by atoms with van der Waals surface area (Å²) in [5.41, 5.74) is 1.20. The van der Waals surface area contributed by atoms with Crippen LogP contribution in [0.4, 0.5) is 0 Å². The summed E-state index contributed by atoms with van der Waals surface area (Å²) >= 11 is 3.43. The van der Waals surface area contributed by atoms with Crippen molar-refractivity contribution in [1.82, 2.24) is 0 Å². The largest absolute Gasteiger partial charge is 0.493 e. The van der Waals surface area contributed by atoms with Gasteiger partial charge in [0, 0.05) is 233 Å². The average molecular weight is 863 g/mol. The molecule has 1 saturated carbocycles. The molecule has 0 aromatic heterocycles. The Morgan fingerprint density at radius 1 is 1.00 bits per heavy atom. The third-order valence-electron chi connectivity index (χ3n) is 2.31. The van der Waals surface area contributed by atoms with E-state index < -0.39 is 0 Å². The SMILES string of the molecule is Cc1cc(Br)ccc1OCC1CC1.[Y].[Y].[Y].[Y].[Y].[Y].[Y]. The second-order valence-corrected chi connectivity index (χ2v) is 4.58. The topological polar surface area (TPSA) is 9.23 Å². The molecule has 1 aliphatic carbocycles. The van der Waals surface area contributed by atoms with E-state index in [1.165, 1.54) is 18.4 Å². The summed E-state index contributed by atoms with van der Waals surface area (Å²) < 4.78 is 6.81. The zero-order chi connectivity index (χ0) is 9.26. The second kappa shape index (κ2) is 24.3. The maximum Gasteiger partial charge on any atom is 0.122 e. The normalized spacial score (nSPS) is 10.3. The Balaban J connectivity index is -0.0000000700. The van der Waals surface area contributed by atoms with Crippen LogP contribution in [-0.4, -0.2) is 6.61 Å². The van der Waals surface area contributed by atoms with Crippen molar-refractivity contribution in [2.75, 3.05) is 6.61 Å². The molecule has 0 aliphatic heterocycles. The molecule has 0 amide bonds. The van der Waals surface area contributed by atoms with E-state index in [1.807, 2.05) is 12.1 Å². The number of hydrogen-bond acceptors (Lipinski definition) is 1. The maximum atomic E-state index is 5.69. The van der Waals surface area contributed by atoms with Gasteiger partial charge in [-0.2, -0.15) is 0 Å². The van der Waals surface area contributed by atoms with Gasteiger partial charge in [-0.1, -0.05) is 15.9 Å². The Labute approximate surface area is 307 Å². The Hall–Kier alpha value is 7.23. The van der Waals surface area contributed by atoms with Crippen molar-refractivity contribution in [2.24, 2.45) is 5.92 Å². The van der Waals surface area contributed by atoms with E-state index in [0.717, 1.165) is 22.7 Å². The Morgan fingerprint density at radius 3 is 1.90 bits per heavy atom.